The number of ether oxygens (including phenoxy) is 1. The quantitative estimate of drug-likeness (QED) is 0.152. The molecule has 5 N–H and O–H groups in total. The number of H-pyrrole nitrogens is 1. The molecule has 1 aliphatic rings. The van der Waals surface area contributed by atoms with Gasteiger partial charge in [0.25, 0.3) is 5.91 Å². The molecule has 2 aromatic heterocycles. The van der Waals surface area contributed by atoms with Crippen LogP contribution >= 0.6 is 0 Å². The van der Waals surface area contributed by atoms with E-state index in [0.717, 1.165) is 48.1 Å². The zero-order chi connectivity index (χ0) is 29.9. The second-order valence-corrected chi connectivity index (χ2v) is 11.0. The first-order valence-electron chi connectivity index (χ1n) is 14.6. The number of benzene rings is 3. The Balaban J connectivity index is 1.31. The van der Waals surface area contributed by atoms with Gasteiger partial charge in [-0.25, -0.2) is 9.78 Å². The number of fused-ring (bicyclic) bond motifs is 2. The van der Waals surface area contributed by atoms with Gasteiger partial charge in [0.2, 0.25) is 0 Å². The third-order valence-electron chi connectivity index (χ3n) is 8.12. The maximum Gasteiger partial charge on any atom is 0.326 e. The minimum Gasteiger partial charge on any atom is -0.508 e. The van der Waals surface area contributed by atoms with E-state index in [-0.39, 0.29) is 31.4 Å². The number of phenolic OH excluding ortho intramolecular Hbond substituents is 1. The number of imidazole rings is 1. The molecular weight excluding hydrogens is 548 g/mol. The van der Waals surface area contributed by atoms with E-state index in [1.807, 2.05) is 30.3 Å². The number of carbonyl (C=O) groups excluding carboxylic acids is 1. The molecule has 2 heterocycles. The van der Waals surface area contributed by atoms with Crippen molar-refractivity contribution in [1.29, 1.82) is 0 Å². The lowest BCUT2D eigenvalue weighted by molar-refractivity contribution is -0.139. The van der Waals surface area contributed by atoms with Crippen LogP contribution in [-0.2, 0) is 11.2 Å². The number of amides is 1. The molecule has 0 aliphatic heterocycles. The van der Waals surface area contributed by atoms with Crippen molar-refractivity contribution in [1.82, 2.24) is 19.9 Å². The average Bonchev–Trinajstić information content (AvgIpc) is 3.60. The summed E-state index contributed by atoms with van der Waals surface area (Å²) in [5, 5.41) is 32.4. The number of hydrogen-bond donors (Lipinski definition) is 5. The average molecular weight is 583 g/mol. The first kappa shape index (κ1) is 28.3. The number of hydrogen-bond acceptors (Lipinski definition) is 6. The van der Waals surface area contributed by atoms with Crippen molar-refractivity contribution in [3.63, 3.8) is 0 Å². The summed E-state index contributed by atoms with van der Waals surface area (Å²) in [7, 11) is 0. The van der Waals surface area contributed by atoms with Gasteiger partial charge in [-0.3, -0.25) is 4.79 Å². The van der Waals surface area contributed by atoms with Crippen molar-refractivity contribution in [2.24, 2.45) is 0 Å². The number of aliphatic hydroxyl groups is 1. The van der Waals surface area contributed by atoms with E-state index in [4.69, 9.17) is 9.72 Å². The number of aromatic hydroxyl groups is 1. The Labute approximate surface area is 247 Å². The van der Waals surface area contributed by atoms with Crippen LogP contribution in [-0.4, -0.2) is 61.0 Å². The molecule has 5 aromatic rings. The number of aromatic nitrogens is 3. The number of carbonyl (C=O) groups is 2. The highest BCUT2D eigenvalue weighted by molar-refractivity contribution is 6.00. The summed E-state index contributed by atoms with van der Waals surface area (Å²) >= 11 is 0. The molecule has 0 spiro atoms. The highest BCUT2D eigenvalue weighted by Crippen LogP contribution is 2.37. The van der Waals surface area contributed by atoms with Gasteiger partial charge in [-0.15, -0.1) is 0 Å². The topological polar surface area (TPSA) is 150 Å². The number of nitrogens with zero attached hydrogens (tertiary/aromatic N) is 2. The first-order chi connectivity index (χ1) is 20.9. The number of aliphatic carboxylic acids is 1. The Morgan fingerprint density at radius 3 is 2.70 bits per heavy atom. The molecule has 43 heavy (non-hydrogen) atoms. The largest absolute Gasteiger partial charge is 0.508 e. The number of carboxylic acid groups (broad SMARTS) is 1. The Kier molecular flexibility index (Phi) is 8.02. The number of rotatable bonds is 10. The van der Waals surface area contributed by atoms with Gasteiger partial charge in [0.1, 0.15) is 30.0 Å². The third kappa shape index (κ3) is 5.91. The van der Waals surface area contributed by atoms with E-state index in [1.165, 1.54) is 6.42 Å². The summed E-state index contributed by atoms with van der Waals surface area (Å²) in [6, 6.07) is 16.9. The molecule has 1 fully saturated rings. The molecule has 222 valence electrons. The molecule has 6 rings (SSSR count). The predicted octanol–water partition coefficient (Wildman–Crippen LogP) is 5.19. The first-order valence-corrected chi connectivity index (χ1v) is 14.6. The van der Waals surface area contributed by atoms with E-state index < -0.39 is 17.9 Å². The van der Waals surface area contributed by atoms with Crippen LogP contribution in [0.3, 0.4) is 0 Å². The second kappa shape index (κ2) is 12.2. The summed E-state index contributed by atoms with van der Waals surface area (Å²) in [5.74, 6) is -0.172. The predicted molar refractivity (Wildman–Crippen MR) is 162 cm³/mol. The summed E-state index contributed by atoms with van der Waals surface area (Å²) in [4.78, 5) is 33.6. The molecule has 10 heteroatoms. The SMILES string of the molecule is O=C(N[C@@H](Cc1c[nH]c2ccc(O)cc12)C(=O)O)c1ccc2c(c1)nc(-c1cccc(OCCO)c1)n2C1CCCCC1. The number of carboxylic acids is 1. The van der Waals surface area contributed by atoms with Gasteiger partial charge >= 0.3 is 5.97 Å². The van der Waals surface area contributed by atoms with Crippen LogP contribution in [0.2, 0.25) is 0 Å². The molecule has 10 nitrogen and oxygen atoms in total. The van der Waals surface area contributed by atoms with Gasteiger partial charge in [-0.05, 0) is 66.9 Å². The third-order valence-corrected chi connectivity index (χ3v) is 8.12. The van der Waals surface area contributed by atoms with E-state index in [2.05, 4.69) is 14.9 Å². The highest BCUT2D eigenvalue weighted by atomic mass is 16.5. The number of aromatic amines is 1. The van der Waals surface area contributed by atoms with Crippen molar-refractivity contribution in [2.45, 2.75) is 50.6 Å². The fraction of sp³-hybridized carbons (Fsp3) is 0.303. The van der Waals surface area contributed by atoms with Gasteiger partial charge in [0, 0.05) is 40.7 Å². The van der Waals surface area contributed by atoms with Gasteiger partial charge in [0.05, 0.1) is 17.6 Å². The van der Waals surface area contributed by atoms with Crippen LogP contribution in [0.25, 0.3) is 33.3 Å². The molecule has 1 aliphatic carbocycles. The zero-order valence-corrected chi connectivity index (χ0v) is 23.6. The minimum atomic E-state index is -1.18. The van der Waals surface area contributed by atoms with Crippen LogP contribution in [0.15, 0.2) is 66.9 Å². The molecule has 0 unspecified atom stereocenters. The van der Waals surface area contributed by atoms with Crippen LogP contribution in [0, 0.1) is 0 Å². The fourth-order valence-electron chi connectivity index (χ4n) is 6.04. The summed E-state index contributed by atoms with van der Waals surface area (Å²) < 4.78 is 7.91. The Hall–Kier alpha value is -4.83. The van der Waals surface area contributed by atoms with Crippen LogP contribution in [0.4, 0.5) is 0 Å². The van der Waals surface area contributed by atoms with Gasteiger partial charge in [0.15, 0.2) is 0 Å². The van der Waals surface area contributed by atoms with Crippen LogP contribution in [0.5, 0.6) is 11.5 Å². The smallest absolute Gasteiger partial charge is 0.326 e. The van der Waals surface area contributed by atoms with Crippen molar-refractivity contribution < 1.29 is 29.6 Å². The lowest BCUT2D eigenvalue weighted by Gasteiger charge is -2.25. The van der Waals surface area contributed by atoms with Crippen molar-refractivity contribution in [3.05, 3.63) is 78.0 Å². The van der Waals surface area contributed by atoms with Crippen molar-refractivity contribution >= 4 is 33.8 Å². The number of nitrogens with one attached hydrogen (secondary N) is 2. The van der Waals surface area contributed by atoms with Gasteiger partial charge in [-0.1, -0.05) is 31.4 Å². The Morgan fingerprint density at radius 2 is 1.91 bits per heavy atom. The Bertz CT molecular complexity index is 1790. The van der Waals surface area contributed by atoms with E-state index in [1.54, 1.807) is 36.5 Å². The zero-order valence-electron chi connectivity index (χ0n) is 23.6. The van der Waals surface area contributed by atoms with Crippen LogP contribution in [0.1, 0.15) is 54.1 Å². The van der Waals surface area contributed by atoms with E-state index in [9.17, 15) is 24.9 Å². The summed E-state index contributed by atoms with van der Waals surface area (Å²) in [6.07, 6.45) is 7.29. The molecule has 1 atom stereocenters. The lowest BCUT2D eigenvalue weighted by atomic mass is 9.94. The number of phenols is 1. The summed E-state index contributed by atoms with van der Waals surface area (Å²) in [6.45, 7) is 0.116. The maximum absolute atomic E-state index is 13.4. The van der Waals surface area contributed by atoms with Crippen LogP contribution < -0.4 is 10.1 Å². The van der Waals surface area contributed by atoms with Gasteiger partial charge < -0.3 is 34.9 Å². The van der Waals surface area contributed by atoms with E-state index in [0.29, 0.717) is 27.8 Å². The standard InChI is InChI=1S/C33H34N4O6/c38-13-14-43-25-8-4-5-20(15-25)31-35-28-16-21(9-12-30(28)37(31)23-6-2-1-3-7-23)32(40)36-29(33(41)42)17-22-19-34-27-11-10-24(39)18-26(22)27/h4-5,8-12,15-16,18-19,23,29,34,38-39H,1-3,6-7,13-14,17H2,(H,36,40)(H,41,42)/t29-/m0/s1. The van der Waals surface area contributed by atoms with Crippen molar-refractivity contribution in [2.75, 3.05) is 13.2 Å². The molecule has 0 radical (unpaired) electrons. The second-order valence-electron chi connectivity index (χ2n) is 11.0. The molecule has 1 amide bonds. The molecule has 1 saturated carbocycles. The van der Waals surface area contributed by atoms with E-state index >= 15 is 0 Å². The minimum absolute atomic E-state index is 0.0436. The monoisotopic (exact) mass is 582 g/mol. The molecule has 0 bridgehead atoms. The normalized spacial score (nSPS) is 14.6. The molecule has 0 saturated heterocycles. The lowest BCUT2D eigenvalue weighted by Crippen LogP contribution is -2.42. The van der Waals surface area contributed by atoms with Crippen molar-refractivity contribution in [3.8, 4) is 22.9 Å². The Morgan fingerprint density at radius 1 is 1.07 bits per heavy atom. The number of aliphatic hydroxyl groups excluding tert-OH is 1. The maximum atomic E-state index is 13.4. The summed E-state index contributed by atoms with van der Waals surface area (Å²) in [5.41, 5.74) is 4.19. The fourth-order valence-corrected chi connectivity index (χ4v) is 6.04. The molecular formula is C33H34N4O6. The highest BCUT2D eigenvalue weighted by Gasteiger charge is 2.25. The molecule has 3 aromatic carbocycles. The van der Waals surface area contributed by atoms with Gasteiger partial charge in [-0.2, -0.15) is 0 Å².